The Kier molecular flexibility index (Phi) is 7.21. The molecule has 0 spiro atoms. The summed E-state index contributed by atoms with van der Waals surface area (Å²) in [5.74, 6) is 2.28. The van der Waals surface area contributed by atoms with Gasteiger partial charge in [0.25, 0.3) is 0 Å². The second-order valence-corrected chi connectivity index (χ2v) is 8.04. The number of nitrogens with zero attached hydrogens (tertiary/aromatic N) is 5. The Labute approximate surface area is 197 Å². The number of pyridine rings is 1. The van der Waals surface area contributed by atoms with Crippen LogP contribution in [-0.4, -0.2) is 66.5 Å². The molecule has 1 aliphatic rings. The molecule has 1 aliphatic heterocycles. The quantitative estimate of drug-likeness (QED) is 0.499. The number of anilines is 3. The number of rotatable bonds is 8. The summed E-state index contributed by atoms with van der Waals surface area (Å²) in [7, 11) is 3.63. The van der Waals surface area contributed by atoms with Crippen LogP contribution < -0.4 is 19.7 Å². The fraction of sp³-hybridized carbons (Fsp3) is 0.304. The third-order valence-electron chi connectivity index (χ3n) is 5.35. The van der Waals surface area contributed by atoms with Gasteiger partial charge in [-0.05, 0) is 31.3 Å². The van der Waals surface area contributed by atoms with Crippen molar-refractivity contribution in [2.24, 2.45) is 0 Å². The molecule has 2 aromatic heterocycles. The van der Waals surface area contributed by atoms with E-state index in [4.69, 9.17) is 21.1 Å². The molecule has 3 aromatic rings. The summed E-state index contributed by atoms with van der Waals surface area (Å²) in [6.45, 7) is 4.15. The first kappa shape index (κ1) is 22.8. The Morgan fingerprint density at radius 3 is 2.48 bits per heavy atom. The Balaban J connectivity index is 1.35. The number of carbonyl (C=O) groups is 1. The van der Waals surface area contributed by atoms with Gasteiger partial charge >= 0.3 is 0 Å². The van der Waals surface area contributed by atoms with E-state index in [0.717, 1.165) is 44.0 Å². The second-order valence-electron chi connectivity index (χ2n) is 7.67. The molecule has 0 radical (unpaired) electrons. The van der Waals surface area contributed by atoms with E-state index in [-0.39, 0.29) is 6.61 Å². The Bertz CT molecular complexity index is 1090. The van der Waals surface area contributed by atoms with E-state index in [1.165, 1.54) is 7.11 Å². The lowest BCUT2D eigenvalue weighted by atomic mass is 10.1. The van der Waals surface area contributed by atoms with Gasteiger partial charge in [-0.25, -0.2) is 15.0 Å². The van der Waals surface area contributed by atoms with E-state index in [1.807, 2.05) is 12.1 Å². The zero-order valence-electron chi connectivity index (χ0n) is 18.5. The van der Waals surface area contributed by atoms with Gasteiger partial charge in [0.1, 0.15) is 24.5 Å². The van der Waals surface area contributed by atoms with Crippen molar-refractivity contribution >= 4 is 35.3 Å². The van der Waals surface area contributed by atoms with E-state index in [1.54, 1.807) is 30.7 Å². The number of nitrogens with one attached hydrogen (secondary N) is 1. The van der Waals surface area contributed by atoms with Crippen LogP contribution in [0.2, 0.25) is 5.02 Å². The van der Waals surface area contributed by atoms with Gasteiger partial charge < -0.3 is 24.6 Å². The molecule has 0 bridgehead atoms. The average Bonchev–Trinajstić information content (AvgIpc) is 2.85. The van der Waals surface area contributed by atoms with Crippen molar-refractivity contribution in [3.8, 4) is 11.5 Å². The SMILES string of the molecule is COc1cc(C=O)cc(COc2cnc(Nc3ccc(N4CCN(C)CC4)nc3)nc2)c1Cl. The molecule has 33 heavy (non-hydrogen) atoms. The van der Waals surface area contributed by atoms with Gasteiger partial charge in [-0.2, -0.15) is 0 Å². The molecule has 1 N–H and O–H groups in total. The fourth-order valence-corrected chi connectivity index (χ4v) is 3.67. The molecule has 172 valence electrons. The molecule has 0 amide bonds. The molecule has 10 heteroatoms. The zero-order valence-corrected chi connectivity index (χ0v) is 19.2. The predicted molar refractivity (Wildman–Crippen MR) is 127 cm³/mol. The molecule has 1 fully saturated rings. The van der Waals surface area contributed by atoms with E-state index in [9.17, 15) is 4.79 Å². The minimum Gasteiger partial charge on any atom is -0.495 e. The molecule has 1 aromatic carbocycles. The minimum atomic E-state index is 0.144. The smallest absolute Gasteiger partial charge is 0.227 e. The molecule has 9 nitrogen and oxygen atoms in total. The van der Waals surface area contributed by atoms with Crippen molar-refractivity contribution in [1.82, 2.24) is 19.9 Å². The maximum atomic E-state index is 11.1. The Morgan fingerprint density at radius 1 is 1.09 bits per heavy atom. The number of hydrogen-bond acceptors (Lipinski definition) is 9. The zero-order chi connectivity index (χ0) is 23.2. The van der Waals surface area contributed by atoms with Crippen molar-refractivity contribution < 1.29 is 14.3 Å². The number of hydrogen-bond donors (Lipinski definition) is 1. The molecular formula is C23H25ClN6O3. The van der Waals surface area contributed by atoms with Crippen LogP contribution in [0.15, 0.2) is 42.9 Å². The summed E-state index contributed by atoms with van der Waals surface area (Å²) < 4.78 is 10.9. The highest BCUT2D eigenvalue weighted by Gasteiger charge is 2.15. The summed E-state index contributed by atoms with van der Waals surface area (Å²) >= 11 is 6.31. The van der Waals surface area contributed by atoms with Crippen molar-refractivity contribution in [3.63, 3.8) is 0 Å². The number of methoxy groups -OCH3 is 1. The van der Waals surface area contributed by atoms with Gasteiger partial charge in [-0.15, -0.1) is 0 Å². The predicted octanol–water partition coefficient (Wildman–Crippen LogP) is 3.42. The summed E-state index contributed by atoms with van der Waals surface area (Å²) in [6, 6.07) is 7.20. The molecule has 0 saturated carbocycles. The third-order valence-corrected chi connectivity index (χ3v) is 5.78. The van der Waals surface area contributed by atoms with Gasteiger partial charge in [0.05, 0.1) is 36.4 Å². The number of likely N-dealkylation sites (N-methyl/N-ethyl adjacent to an activating group) is 1. The highest BCUT2D eigenvalue weighted by Crippen LogP contribution is 2.30. The van der Waals surface area contributed by atoms with E-state index < -0.39 is 0 Å². The van der Waals surface area contributed by atoms with Gasteiger partial charge in [-0.3, -0.25) is 4.79 Å². The maximum Gasteiger partial charge on any atom is 0.227 e. The number of carbonyl (C=O) groups excluding carboxylic acids is 1. The van der Waals surface area contributed by atoms with E-state index in [0.29, 0.717) is 33.6 Å². The van der Waals surface area contributed by atoms with E-state index in [2.05, 4.69) is 37.1 Å². The van der Waals surface area contributed by atoms with Crippen molar-refractivity contribution in [2.45, 2.75) is 6.61 Å². The summed E-state index contributed by atoms with van der Waals surface area (Å²) in [6.07, 6.45) is 5.64. The molecule has 0 atom stereocenters. The van der Waals surface area contributed by atoms with Gasteiger partial charge in [0, 0.05) is 37.3 Å². The minimum absolute atomic E-state index is 0.144. The number of halogens is 1. The highest BCUT2D eigenvalue weighted by atomic mass is 35.5. The molecule has 0 aliphatic carbocycles. The number of aromatic nitrogens is 3. The normalized spacial score (nSPS) is 14.1. The first-order chi connectivity index (χ1) is 16.1. The Morgan fingerprint density at radius 2 is 1.85 bits per heavy atom. The van der Waals surface area contributed by atoms with E-state index >= 15 is 0 Å². The fourth-order valence-electron chi connectivity index (χ4n) is 3.43. The number of aldehydes is 1. The van der Waals surface area contributed by atoms with Crippen LogP contribution in [0.5, 0.6) is 11.5 Å². The molecule has 4 rings (SSSR count). The lowest BCUT2D eigenvalue weighted by molar-refractivity contribution is 0.112. The first-order valence-electron chi connectivity index (χ1n) is 10.5. The van der Waals surface area contributed by atoms with Crippen molar-refractivity contribution in [2.75, 3.05) is 50.6 Å². The summed E-state index contributed by atoms with van der Waals surface area (Å²) in [5, 5.41) is 3.54. The van der Waals surface area contributed by atoms with Crippen LogP contribution in [0.1, 0.15) is 15.9 Å². The van der Waals surface area contributed by atoms with Gasteiger partial charge in [0.2, 0.25) is 5.95 Å². The molecule has 0 unspecified atom stereocenters. The van der Waals surface area contributed by atoms with Crippen LogP contribution in [-0.2, 0) is 6.61 Å². The third kappa shape index (κ3) is 5.68. The van der Waals surface area contributed by atoms with Crippen LogP contribution in [0.3, 0.4) is 0 Å². The number of ether oxygens (including phenoxy) is 2. The summed E-state index contributed by atoms with van der Waals surface area (Å²) in [5.41, 5.74) is 1.89. The number of piperazine rings is 1. The number of benzene rings is 1. The molecule has 3 heterocycles. The molecular weight excluding hydrogens is 444 g/mol. The molecule has 1 saturated heterocycles. The second kappa shape index (κ2) is 10.5. The monoisotopic (exact) mass is 468 g/mol. The first-order valence-corrected chi connectivity index (χ1v) is 10.9. The van der Waals surface area contributed by atoms with Gasteiger partial charge in [-0.1, -0.05) is 11.6 Å². The largest absolute Gasteiger partial charge is 0.495 e. The van der Waals surface area contributed by atoms with Crippen LogP contribution in [0.25, 0.3) is 0 Å². The van der Waals surface area contributed by atoms with Crippen LogP contribution in [0.4, 0.5) is 17.5 Å². The maximum absolute atomic E-state index is 11.1. The average molecular weight is 469 g/mol. The lowest BCUT2D eigenvalue weighted by Crippen LogP contribution is -2.44. The van der Waals surface area contributed by atoms with Crippen LogP contribution >= 0.6 is 11.6 Å². The Hall–Kier alpha value is -3.43. The topological polar surface area (TPSA) is 92.7 Å². The van der Waals surface area contributed by atoms with Crippen LogP contribution in [0, 0.1) is 0 Å². The summed E-state index contributed by atoms with van der Waals surface area (Å²) in [4.78, 5) is 28.9. The lowest BCUT2D eigenvalue weighted by Gasteiger charge is -2.33. The van der Waals surface area contributed by atoms with Crippen molar-refractivity contribution in [3.05, 3.63) is 59.0 Å². The highest BCUT2D eigenvalue weighted by molar-refractivity contribution is 6.33. The standard InChI is InChI=1S/C23H25ClN6O3/c1-29-5-7-30(8-6-29)21-4-3-18(11-25-21)28-23-26-12-19(13-27-23)33-15-17-9-16(14-31)10-20(32-2)22(17)24/h3-4,9-14H,5-8,15H2,1-2H3,(H,26,27,28). The van der Waals surface area contributed by atoms with Gasteiger partial charge in [0.15, 0.2) is 5.75 Å². The van der Waals surface area contributed by atoms with Crippen molar-refractivity contribution in [1.29, 1.82) is 0 Å².